The van der Waals surface area contributed by atoms with Crippen LogP contribution in [0.3, 0.4) is 0 Å². The number of nitrogens with one attached hydrogen (secondary N) is 1. The van der Waals surface area contributed by atoms with E-state index in [2.05, 4.69) is 15.2 Å². The summed E-state index contributed by atoms with van der Waals surface area (Å²) in [4.78, 5) is 32.3. The molecule has 1 saturated heterocycles. The number of rotatable bonds is 5. The summed E-state index contributed by atoms with van der Waals surface area (Å²) in [6.07, 6.45) is 0. The Morgan fingerprint density at radius 3 is 2.73 bits per heavy atom. The standard InChI is InChI=1S/C18H22N4O3S/c1-13(23)19-18-20-15(12-26-18)11-21-6-8-22(9-7-21)17(24)14-4-3-5-16(10-14)25-2/h3-5,10,12H,6-9,11H2,1-2H3,(H,19,20,23). The van der Waals surface area contributed by atoms with Gasteiger partial charge in [-0.1, -0.05) is 6.07 Å². The van der Waals surface area contributed by atoms with Crippen LogP contribution in [0.25, 0.3) is 0 Å². The SMILES string of the molecule is COc1cccc(C(=O)N2CCN(Cc3csc(NC(C)=O)n3)CC2)c1. The number of anilines is 1. The van der Waals surface area contributed by atoms with Crippen molar-refractivity contribution in [3.05, 3.63) is 40.9 Å². The number of thiazole rings is 1. The molecule has 1 aliphatic rings. The molecule has 1 N–H and O–H groups in total. The minimum atomic E-state index is -0.115. The maximum atomic E-state index is 12.6. The highest BCUT2D eigenvalue weighted by molar-refractivity contribution is 7.13. The molecular formula is C18H22N4O3S. The van der Waals surface area contributed by atoms with Crippen LogP contribution in [0.15, 0.2) is 29.6 Å². The van der Waals surface area contributed by atoms with Gasteiger partial charge in [0.25, 0.3) is 5.91 Å². The van der Waals surface area contributed by atoms with Crippen molar-refractivity contribution in [1.29, 1.82) is 0 Å². The van der Waals surface area contributed by atoms with Gasteiger partial charge in [-0.25, -0.2) is 4.98 Å². The predicted molar refractivity (Wildman–Crippen MR) is 101 cm³/mol. The van der Waals surface area contributed by atoms with E-state index in [9.17, 15) is 9.59 Å². The van der Waals surface area contributed by atoms with E-state index in [-0.39, 0.29) is 11.8 Å². The lowest BCUT2D eigenvalue weighted by Gasteiger charge is -2.34. The van der Waals surface area contributed by atoms with E-state index in [4.69, 9.17) is 4.74 Å². The van der Waals surface area contributed by atoms with Crippen LogP contribution in [0.2, 0.25) is 0 Å². The summed E-state index contributed by atoms with van der Waals surface area (Å²) < 4.78 is 5.19. The second-order valence-electron chi connectivity index (χ2n) is 6.13. The van der Waals surface area contributed by atoms with Crippen molar-refractivity contribution in [2.24, 2.45) is 0 Å². The van der Waals surface area contributed by atoms with E-state index in [1.807, 2.05) is 28.5 Å². The molecule has 26 heavy (non-hydrogen) atoms. The van der Waals surface area contributed by atoms with Crippen LogP contribution in [-0.4, -0.2) is 59.9 Å². The molecule has 2 amide bonds. The Kier molecular flexibility index (Phi) is 5.85. The van der Waals surface area contributed by atoms with E-state index >= 15 is 0 Å². The van der Waals surface area contributed by atoms with Crippen molar-refractivity contribution in [3.63, 3.8) is 0 Å². The highest BCUT2D eigenvalue weighted by Crippen LogP contribution is 2.19. The van der Waals surface area contributed by atoms with Gasteiger partial charge in [-0.2, -0.15) is 0 Å². The van der Waals surface area contributed by atoms with Crippen LogP contribution in [0.5, 0.6) is 5.75 Å². The molecule has 3 rings (SSSR count). The first-order valence-corrected chi connectivity index (χ1v) is 9.31. The zero-order chi connectivity index (χ0) is 18.5. The molecule has 0 aliphatic carbocycles. The molecule has 0 unspecified atom stereocenters. The normalized spacial score (nSPS) is 14.9. The lowest BCUT2D eigenvalue weighted by atomic mass is 10.1. The molecule has 1 aromatic carbocycles. The highest BCUT2D eigenvalue weighted by Gasteiger charge is 2.23. The number of carbonyl (C=O) groups excluding carboxylic acids is 2. The topological polar surface area (TPSA) is 74.8 Å². The molecule has 7 nitrogen and oxygen atoms in total. The minimum Gasteiger partial charge on any atom is -0.497 e. The molecule has 8 heteroatoms. The van der Waals surface area contributed by atoms with Crippen molar-refractivity contribution < 1.29 is 14.3 Å². The second kappa shape index (κ2) is 8.29. The Balaban J connectivity index is 1.53. The van der Waals surface area contributed by atoms with Gasteiger partial charge in [0.1, 0.15) is 5.75 Å². The minimum absolute atomic E-state index is 0.0325. The molecule has 0 atom stereocenters. The molecule has 2 aromatic rings. The Bertz CT molecular complexity index is 784. The van der Waals surface area contributed by atoms with Crippen molar-refractivity contribution in [1.82, 2.24) is 14.8 Å². The number of hydrogen-bond acceptors (Lipinski definition) is 6. The third kappa shape index (κ3) is 4.59. The van der Waals surface area contributed by atoms with Gasteiger partial charge < -0.3 is 15.0 Å². The van der Waals surface area contributed by atoms with E-state index < -0.39 is 0 Å². The molecule has 0 spiro atoms. The zero-order valence-electron chi connectivity index (χ0n) is 14.9. The van der Waals surface area contributed by atoms with Crippen LogP contribution < -0.4 is 10.1 Å². The first-order valence-electron chi connectivity index (χ1n) is 8.43. The maximum Gasteiger partial charge on any atom is 0.254 e. The molecule has 1 fully saturated rings. The number of piperazine rings is 1. The fourth-order valence-corrected chi connectivity index (χ4v) is 3.61. The molecular weight excluding hydrogens is 352 g/mol. The Hall–Kier alpha value is -2.45. The molecule has 1 aliphatic heterocycles. The summed E-state index contributed by atoms with van der Waals surface area (Å²) in [5.74, 6) is 0.605. The number of amides is 2. The van der Waals surface area contributed by atoms with E-state index in [1.165, 1.54) is 18.3 Å². The van der Waals surface area contributed by atoms with Gasteiger partial charge in [0, 0.05) is 50.6 Å². The number of benzene rings is 1. The van der Waals surface area contributed by atoms with Gasteiger partial charge in [0.05, 0.1) is 12.8 Å². The number of ether oxygens (including phenoxy) is 1. The molecule has 0 radical (unpaired) electrons. The van der Waals surface area contributed by atoms with Crippen molar-refractivity contribution >= 4 is 28.3 Å². The average molecular weight is 374 g/mol. The van der Waals surface area contributed by atoms with E-state index in [1.54, 1.807) is 13.2 Å². The summed E-state index contributed by atoms with van der Waals surface area (Å²) >= 11 is 1.43. The van der Waals surface area contributed by atoms with Gasteiger partial charge in [0.15, 0.2) is 5.13 Å². The van der Waals surface area contributed by atoms with Crippen molar-refractivity contribution in [2.45, 2.75) is 13.5 Å². The maximum absolute atomic E-state index is 12.6. The predicted octanol–water partition coefficient (Wildman–Crippen LogP) is 2.07. The Morgan fingerprint density at radius 1 is 1.27 bits per heavy atom. The molecule has 0 saturated carbocycles. The molecule has 1 aromatic heterocycles. The smallest absolute Gasteiger partial charge is 0.254 e. The fourth-order valence-electron chi connectivity index (χ4n) is 2.86. The van der Waals surface area contributed by atoms with Gasteiger partial charge in [0.2, 0.25) is 5.91 Å². The van der Waals surface area contributed by atoms with Gasteiger partial charge >= 0.3 is 0 Å². The third-order valence-electron chi connectivity index (χ3n) is 4.20. The lowest BCUT2D eigenvalue weighted by Crippen LogP contribution is -2.48. The van der Waals surface area contributed by atoms with Gasteiger partial charge in [-0.15, -0.1) is 11.3 Å². The first kappa shape index (κ1) is 18.3. The number of carbonyl (C=O) groups is 2. The number of nitrogens with zero attached hydrogens (tertiary/aromatic N) is 3. The zero-order valence-corrected chi connectivity index (χ0v) is 15.7. The van der Waals surface area contributed by atoms with Crippen LogP contribution >= 0.6 is 11.3 Å². The largest absolute Gasteiger partial charge is 0.497 e. The van der Waals surface area contributed by atoms with Crippen LogP contribution in [0.1, 0.15) is 23.0 Å². The van der Waals surface area contributed by atoms with E-state index in [0.29, 0.717) is 29.5 Å². The molecule has 0 bridgehead atoms. The quantitative estimate of drug-likeness (QED) is 0.867. The summed E-state index contributed by atoms with van der Waals surface area (Å²) in [6.45, 7) is 5.14. The van der Waals surface area contributed by atoms with Crippen LogP contribution in [-0.2, 0) is 11.3 Å². The van der Waals surface area contributed by atoms with Crippen LogP contribution in [0, 0.1) is 0 Å². The van der Waals surface area contributed by atoms with E-state index in [0.717, 1.165) is 25.3 Å². The van der Waals surface area contributed by atoms with Gasteiger partial charge in [-0.3, -0.25) is 14.5 Å². The van der Waals surface area contributed by atoms with Crippen molar-refractivity contribution in [2.75, 3.05) is 38.6 Å². The highest BCUT2D eigenvalue weighted by atomic mass is 32.1. The number of aromatic nitrogens is 1. The van der Waals surface area contributed by atoms with Crippen LogP contribution in [0.4, 0.5) is 5.13 Å². The van der Waals surface area contributed by atoms with Crippen molar-refractivity contribution in [3.8, 4) is 5.75 Å². The first-order chi connectivity index (χ1) is 12.5. The molecule has 138 valence electrons. The average Bonchev–Trinajstić information content (AvgIpc) is 3.08. The fraction of sp³-hybridized carbons (Fsp3) is 0.389. The monoisotopic (exact) mass is 374 g/mol. The third-order valence-corrected chi connectivity index (χ3v) is 5.00. The number of hydrogen-bond donors (Lipinski definition) is 1. The summed E-state index contributed by atoms with van der Waals surface area (Å²) in [6, 6.07) is 7.25. The Morgan fingerprint density at radius 2 is 2.04 bits per heavy atom. The summed E-state index contributed by atoms with van der Waals surface area (Å²) in [5.41, 5.74) is 1.59. The lowest BCUT2D eigenvalue weighted by molar-refractivity contribution is -0.114. The summed E-state index contributed by atoms with van der Waals surface area (Å²) in [5, 5.41) is 5.28. The second-order valence-corrected chi connectivity index (χ2v) is 6.98. The van der Waals surface area contributed by atoms with Gasteiger partial charge in [-0.05, 0) is 18.2 Å². The number of methoxy groups -OCH3 is 1. The molecule has 2 heterocycles. The Labute approximate surface area is 156 Å². The summed E-state index contributed by atoms with van der Waals surface area (Å²) in [7, 11) is 1.60.